The molecule has 0 aliphatic heterocycles. The van der Waals surface area contributed by atoms with Crippen LogP contribution in [0, 0.1) is 11.8 Å². The van der Waals surface area contributed by atoms with Gasteiger partial charge in [-0.3, -0.25) is 0 Å². The van der Waals surface area contributed by atoms with Gasteiger partial charge >= 0.3 is 0 Å². The van der Waals surface area contributed by atoms with Crippen LogP contribution in [-0.4, -0.2) is 36.6 Å². The number of hydrogen-bond donors (Lipinski definition) is 2. The minimum Gasteiger partial charge on any atom is -0.497 e. The molecule has 0 aliphatic carbocycles. The van der Waals surface area contributed by atoms with Crippen LogP contribution in [0.5, 0.6) is 5.75 Å². The number of allylic oxidation sites excluding steroid dienone is 1. The number of aliphatic hydroxyl groups excluding tert-OH is 2. The molecule has 1 aromatic rings. The zero-order valence-electron chi connectivity index (χ0n) is 13.1. The Labute approximate surface area is 132 Å². The third-order valence-corrected chi connectivity index (χ3v) is 3.78. The van der Waals surface area contributed by atoms with Crippen LogP contribution in [0.15, 0.2) is 49.6 Å². The first-order valence-electron chi connectivity index (χ1n) is 7.41. The van der Waals surface area contributed by atoms with Crippen LogP contribution in [0.3, 0.4) is 0 Å². The van der Waals surface area contributed by atoms with E-state index in [2.05, 4.69) is 13.2 Å². The van der Waals surface area contributed by atoms with Crippen LogP contribution < -0.4 is 4.74 Å². The van der Waals surface area contributed by atoms with E-state index in [0.29, 0.717) is 13.0 Å². The fourth-order valence-electron chi connectivity index (χ4n) is 2.42. The normalized spacial score (nSPS) is 14.9. The van der Waals surface area contributed by atoms with Crippen LogP contribution >= 0.6 is 0 Å². The van der Waals surface area contributed by atoms with Crippen molar-refractivity contribution in [2.45, 2.75) is 19.1 Å². The Morgan fingerprint density at radius 3 is 2.27 bits per heavy atom. The molecule has 122 valence electrons. The zero-order chi connectivity index (χ0) is 16.4. The first kappa shape index (κ1) is 18.4. The van der Waals surface area contributed by atoms with Crippen LogP contribution in [0.1, 0.15) is 12.0 Å². The quantitative estimate of drug-likeness (QED) is 0.617. The molecule has 0 bridgehead atoms. The van der Waals surface area contributed by atoms with E-state index in [1.54, 1.807) is 19.3 Å². The monoisotopic (exact) mass is 306 g/mol. The molecule has 0 radical (unpaired) electrons. The van der Waals surface area contributed by atoms with Crippen molar-refractivity contribution in [3.63, 3.8) is 0 Å². The number of aliphatic hydroxyl groups is 2. The maximum atomic E-state index is 9.65. The molecule has 0 spiro atoms. The summed E-state index contributed by atoms with van der Waals surface area (Å²) in [5.74, 6) is 0.612. The molecule has 3 atom stereocenters. The second-order valence-electron chi connectivity index (χ2n) is 5.12. The molecule has 1 aromatic carbocycles. The lowest BCUT2D eigenvalue weighted by atomic mass is 9.86. The smallest absolute Gasteiger partial charge is 0.118 e. The van der Waals surface area contributed by atoms with Gasteiger partial charge in [0.2, 0.25) is 0 Å². The molecular formula is C18H26O4. The second kappa shape index (κ2) is 10.2. The molecule has 0 unspecified atom stereocenters. The van der Waals surface area contributed by atoms with Crippen LogP contribution in [0.4, 0.5) is 0 Å². The maximum absolute atomic E-state index is 9.65. The van der Waals surface area contributed by atoms with Crippen molar-refractivity contribution in [2.24, 2.45) is 11.8 Å². The number of rotatable bonds is 11. The van der Waals surface area contributed by atoms with Gasteiger partial charge in [0.1, 0.15) is 5.75 Å². The number of methoxy groups -OCH3 is 1. The third kappa shape index (κ3) is 5.30. The summed E-state index contributed by atoms with van der Waals surface area (Å²) in [7, 11) is 1.63. The molecule has 0 aliphatic rings. The summed E-state index contributed by atoms with van der Waals surface area (Å²) in [4.78, 5) is 0. The van der Waals surface area contributed by atoms with Gasteiger partial charge in [0, 0.05) is 19.1 Å². The molecule has 0 saturated carbocycles. The van der Waals surface area contributed by atoms with Crippen molar-refractivity contribution in [2.75, 3.05) is 20.3 Å². The van der Waals surface area contributed by atoms with E-state index in [0.717, 1.165) is 11.3 Å². The van der Waals surface area contributed by atoms with Crippen molar-refractivity contribution in [3.05, 3.63) is 55.1 Å². The maximum Gasteiger partial charge on any atom is 0.118 e. The molecule has 0 heterocycles. The third-order valence-electron chi connectivity index (χ3n) is 3.78. The Morgan fingerprint density at radius 1 is 1.14 bits per heavy atom. The summed E-state index contributed by atoms with van der Waals surface area (Å²) in [6.07, 6.45) is 3.69. The van der Waals surface area contributed by atoms with Gasteiger partial charge in [-0.1, -0.05) is 24.3 Å². The van der Waals surface area contributed by atoms with E-state index >= 15 is 0 Å². The molecule has 22 heavy (non-hydrogen) atoms. The lowest BCUT2D eigenvalue weighted by Gasteiger charge is -2.28. The van der Waals surface area contributed by atoms with Crippen molar-refractivity contribution in [3.8, 4) is 5.75 Å². The van der Waals surface area contributed by atoms with Crippen LogP contribution in [0.2, 0.25) is 0 Å². The van der Waals surface area contributed by atoms with Crippen LogP contribution in [0.25, 0.3) is 0 Å². The lowest BCUT2D eigenvalue weighted by molar-refractivity contribution is -0.00466. The zero-order valence-corrected chi connectivity index (χ0v) is 13.1. The Kier molecular flexibility index (Phi) is 8.51. The molecule has 0 fully saturated rings. The fourth-order valence-corrected chi connectivity index (χ4v) is 2.42. The van der Waals surface area contributed by atoms with Crippen LogP contribution in [-0.2, 0) is 11.3 Å². The Balaban J connectivity index is 2.68. The highest BCUT2D eigenvalue weighted by molar-refractivity contribution is 5.26. The minimum absolute atomic E-state index is 0.0196. The fraction of sp³-hybridized carbons (Fsp3) is 0.444. The number of hydrogen-bond acceptors (Lipinski definition) is 4. The highest BCUT2D eigenvalue weighted by atomic mass is 16.5. The van der Waals surface area contributed by atoms with Crippen molar-refractivity contribution < 1.29 is 19.7 Å². The second-order valence-corrected chi connectivity index (χ2v) is 5.12. The first-order valence-corrected chi connectivity index (χ1v) is 7.41. The molecular weight excluding hydrogens is 280 g/mol. The standard InChI is InChI=1S/C18H26O4/c1-4-15(10-11-19)17(12-20)18(5-2)22-13-14-6-8-16(21-3)9-7-14/h4-9,15,17-20H,1-2,10-13H2,3H3/t15-,17-,18-/m0/s1. The minimum atomic E-state index is -0.304. The van der Waals surface area contributed by atoms with E-state index < -0.39 is 0 Å². The molecule has 0 saturated heterocycles. The van der Waals surface area contributed by atoms with E-state index in [9.17, 15) is 5.11 Å². The summed E-state index contributed by atoms with van der Waals surface area (Å²) in [5, 5.41) is 18.8. The molecule has 2 N–H and O–H groups in total. The molecule has 4 nitrogen and oxygen atoms in total. The Bertz CT molecular complexity index is 441. The van der Waals surface area contributed by atoms with Gasteiger partial charge in [0.25, 0.3) is 0 Å². The van der Waals surface area contributed by atoms with Gasteiger partial charge < -0.3 is 19.7 Å². The first-order chi connectivity index (χ1) is 10.7. The van der Waals surface area contributed by atoms with E-state index in [1.807, 2.05) is 24.3 Å². The highest BCUT2D eigenvalue weighted by Crippen LogP contribution is 2.24. The van der Waals surface area contributed by atoms with Gasteiger partial charge in [-0.2, -0.15) is 0 Å². The van der Waals surface area contributed by atoms with Gasteiger partial charge in [-0.25, -0.2) is 0 Å². The topological polar surface area (TPSA) is 58.9 Å². The molecule has 0 aromatic heterocycles. The predicted molar refractivity (Wildman–Crippen MR) is 87.7 cm³/mol. The largest absolute Gasteiger partial charge is 0.497 e. The molecule has 1 rings (SSSR count). The van der Waals surface area contributed by atoms with E-state index in [1.165, 1.54) is 0 Å². The molecule has 0 amide bonds. The average molecular weight is 306 g/mol. The van der Waals surface area contributed by atoms with Crippen molar-refractivity contribution in [1.82, 2.24) is 0 Å². The summed E-state index contributed by atoms with van der Waals surface area (Å²) < 4.78 is 11.0. The van der Waals surface area contributed by atoms with E-state index in [4.69, 9.17) is 14.6 Å². The summed E-state index contributed by atoms with van der Waals surface area (Å²) in [6, 6.07) is 7.63. The molecule has 4 heteroatoms. The highest BCUT2D eigenvalue weighted by Gasteiger charge is 2.25. The Morgan fingerprint density at radius 2 is 1.82 bits per heavy atom. The number of benzene rings is 1. The Hall–Kier alpha value is -1.62. The van der Waals surface area contributed by atoms with Gasteiger partial charge in [-0.05, 0) is 30.0 Å². The SMILES string of the molecule is C=C[C@H](OCc1ccc(OC)cc1)[C@@H](CO)[C@@H](C=C)CCO. The average Bonchev–Trinajstić information content (AvgIpc) is 2.57. The lowest BCUT2D eigenvalue weighted by Crippen LogP contribution is -2.31. The van der Waals surface area contributed by atoms with Crippen molar-refractivity contribution in [1.29, 1.82) is 0 Å². The summed E-state index contributed by atoms with van der Waals surface area (Å²) in [6.45, 7) is 7.99. The predicted octanol–water partition coefficient (Wildman–Crippen LogP) is 2.56. The van der Waals surface area contributed by atoms with E-state index in [-0.39, 0.29) is 31.2 Å². The van der Waals surface area contributed by atoms with Gasteiger partial charge in [0.05, 0.1) is 19.8 Å². The van der Waals surface area contributed by atoms with Gasteiger partial charge in [-0.15, -0.1) is 13.2 Å². The van der Waals surface area contributed by atoms with Crippen molar-refractivity contribution >= 4 is 0 Å². The number of ether oxygens (including phenoxy) is 2. The summed E-state index contributed by atoms with van der Waals surface area (Å²) in [5.41, 5.74) is 1.02. The summed E-state index contributed by atoms with van der Waals surface area (Å²) >= 11 is 0. The van der Waals surface area contributed by atoms with Gasteiger partial charge in [0.15, 0.2) is 0 Å².